The first kappa shape index (κ1) is 17.4. The van der Waals surface area contributed by atoms with Crippen molar-refractivity contribution in [3.8, 4) is 0 Å². The second kappa shape index (κ2) is 13.4. The van der Waals surface area contributed by atoms with Gasteiger partial charge in [-0.2, -0.15) is 0 Å². The van der Waals surface area contributed by atoms with Gasteiger partial charge in [-0.15, -0.1) is 0 Å². The molecule has 0 rings (SSSR count). The summed E-state index contributed by atoms with van der Waals surface area (Å²) in [5.74, 6) is -0.602. The first-order chi connectivity index (χ1) is 10.3. The van der Waals surface area contributed by atoms with Gasteiger partial charge in [0.15, 0.2) is 1.41 Å². The Morgan fingerprint density at radius 1 is 1.50 bits per heavy atom. The van der Waals surface area contributed by atoms with E-state index in [0.717, 1.165) is 0 Å². The molecule has 7 nitrogen and oxygen atoms in total. The van der Waals surface area contributed by atoms with Crippen molar-refractivity contribution in [2.24, 2.45) is 11.8 Å². The Labute approximate surface area is 128 Å². The molecule has 0 radical (unpaired) electrons. The first-order valence-corrected chi connectivity index (χ1v) is 7.02. The second-order valence-corrected chi connectivity index (χ2v) is 4.85. The van der Waals surface area contributed by atoms with Gasteiger partial charge in [-0.1, -0.05) is 13.8 Å². The first-order valence-electron chi connectivity index (χ1n) is 7.21. The lowest BCUT2D eigenvalue weighted by atomic mass is 10.1. The minimum Gasteiger partial charge on any atom is -0.381 e. The lowest BCUT2D eigenvalue weighted by molar-refractivity contribution is -0.129. The number of carbonyl (C=O) groups is 2. The van der Waals surface area contributed by atoms with Crippen LogP contribution in [0.5, 0.6) is 0 Å². The minimum absolute atomic E-state index is 0.0245. The molecule has 3 N–H and O–H groups in total. The van der Waals surface area contributed by atoms with Crippen LogP contribution in [-0.2, 0) is 14.3 Å². The molecule has 0 aromatic heterocycles. The molecule has 2 amide bonds. The van der Waals surface area contributed by atoms with Crippen molar-refractivity contribution in [2.75, 3.05) is 27.3 Å². The maximum Gasteiger partial charge on any atom is 0.237 e. The Morgan fingerprint density at radius 2 is 2.10 bits per heavy atom. The van der Waals surface area contributed by atoms with Gasteiger partial charge in [-0.3, -0.25) is 20.2 Å². The van der Waals surface area contributed by atoms with E-state index in [1.165, 1.54) is 4.78 Å². The molecular formula is C11H26N4O3P2. The largest absolute Gasteiger partial charge is 0.381 e. The average Bonchev–Trinajstić information content (AvgIpc) is 2.50. The van der Waals surface area contributed by atoms with Crippen LogP contribution in [0.15, 0.2) is 0 Å². The van der Waals surface area contributed by atoms with E-state index in [4.69, 9.17) is 7.52 Å². The highest BCUT2D eigenvalue weighted by Gasteiger charge is 2.14. The molecule has 0 spiro atoms. The summed E-state index contributed by atoms with van der Waals surface area (Å²) in [4.78, 5) is 22.8. The summed E-state index contributed by atoms with van der Waals surface area (Å²) in [5.41, 5.74) is 2.56. The van der Waals surface area contributed by atoms with E-state index in [1.54, 1.807) is 20.9 Å². The van der Waals surface area contributed by atoms with Gasteiger partial charge in [0.05, 0.1) is 12.5 Å². The molecule has 0 saturated carbocycles. The predicted octanol–water partition coefficient (Wildman–Crippen LogP) is 1.06. The Kier molecular flexibility index (Phi) is 11.7. The van der Waals surface area contributed by atoms with Crippen molar-refractivity contribution < 1.29 is 17.1 Å². The fraction of sp³-hybridized carbons (Fsp3) is 0.818. The molecule has 0 heterocycles. The molecule has 0 fully saturated rings. The summed E-state index contributed by atoms with van der Waals surface area (Å²) >= 11 is 0. The van der Waals surface area contributed by atoms with Crippen molar-refractivity contribution in [3.63, 3.8) is 0 Å². The quantitative estimate of drug-likeness (QED) is 0.353. The number of rotatable bonds is 8. The number of hydrogen-bond acceptors (Lipinski definition) is 5. The number of nitrogens with zero attached hydrogens (tertiary/aromatic N) is 1. The lowest BCUT2D eigenvalue weighted by Crippen LogP contribution is -2.36. The van der Waals surface area contributed by atoms with Crippen LogP contribution in [0.2, 0.25) is 1.41 Å². The Hall–Kier alpha value is -0.610. The standard InChI is InChI=1S/C11H24N3O3P.H2NP/c1-8(11(16)13-14(4)18)5-6-17-7-9(2)10(15)12-3;1-2/h8-9H,5-7,18H2,1-4H3,(H,12,15)(H,13,16);1-2H/i4D;/hD. The summed E-state index contributed by atoms with van der Waals surface area (Å²) in [7, 11) is 6.29. The van der Waals surface area contributed by atoms with Crippen LogP contribution in [0, 0.1) is 17.0 Å². The smallest absolute Gasteiger partial charge is 0.237 e. The molecule has 9 heteroatoms. The van der Waals surface area contributed by atoms with Gasteiger partial charge < -0.3 is 10.1 Å². The van der Waals surface area contributed by atoms with Crippen LogP contribution in [0.4, 0.5) is 0 Å². The molecule has 0 aliphatic heterocycles. The van der Waals surface area contributed by atoms with E-state index in [-0.39, 0.29) is 30.7 Å². The topological polar surface area (TPSA) is 94.5 Å². The second-order valence-electron chi connectivity index (χ2n) is 4.23. The van der Waals surface area contributed by atoms with E-state index >= 15 is 0 Å². The zero-order chi connectivity index (χ0) is 17.5. The van der Waals surface area contributed by atoms with E-state index in [9.17, 15) is 9.59 Å². The van der Waals surface area contributed by atoms with E-state index in [0.29, 0.717) is 19.6 Å². The van der Waals surface area contributed by atoms with Crippen molar-refractivity contribution in [2.45, 2.75) is 20.3 Å². The third kappa shape index (κ3) is 11.2. The molecule has 20 heavy (non-hydrogen) atoms. The van der Waals surface area contributed by atoms with Crippen molar-refractivity contribution in [1.29, 1.82) is 5.15 Å². The molecule has 0 aliphatic carbocycles. The predicted molar refractivity (Wildman–Crippen MR) is 84.5 cm³/mol. The number of hydrogen-bond donors (Lipinski definition) is 3. The number of amides is 2. The summed E-state index contributed by atoms with van der Waals surface area (Å²) in [6, 6.07) is 0. The van der Waals surface area contributed by atoms with Gasteiger partial charge in [0.25, 0.3) is 0 Å². The summed E-state index contributed by atoms with van der Waals surface area (Å²) in [6.45, 7) is 4.35. The highest BCUT2D eigenvalue weighted by Crippen LogP contribution is 2.04. The molecule has 3 unspecified atom stereocenters. The highest BCUT2D eigenvalue weighted by atomic mass is 31.0. The fourth-order valence-electron chi connectivity index (χ4n) is 1.23. The maximum absolute atomic E-state index is 11.6. The van der Waals surface area contributed by atoms with Crippen LogP contribution >= 0.6 is 18.4 Å². The number of nitrogens with one attached hydrogen (secondary N) is 3. The third-order valence-corrected chi connectivity index (χ3v) is 2.59. The van der Waals surface area contributed by atoms with E-state index in [2.05, 4.69) is 34.3 Å². The summed E-state index contributed by atoms with van der Waals surface area (Å²) in [6.07, 6.45) is 0.572. The summed E-state index contributed by atoms with van der Waals surface area (Å²) in [5, 5.41) is 5.11. The SMILES string of the molecule is [2H]CN(P)NC(=O)C(C)CCOCC(C)C(=O)NC.[2H]N=P. The monoisotopic (exact) mass is 326 g/mol. The van der Waals surface area contributed by atoms with Gasteiger partial charge in [-0.25, -0.2) is 4.78 Å². The lowest BCUT2D eigenvalue weighted by Gasteiger charge is -2.16. The molecular weight excluding hydrogens is 298 g/mol. The number of carbonyl (C=O) groups excluding carboxylic acids is 2. The zero-order valence-electron chi connectivity index (χ0n) is 14.2. The third-order valence-electron chi connectivity index (χ3n) is 2.46. The molecule has 0 saturated heterocycles. The molecule has 0 aliphatic rings. The van der Waals surface area contributed by atoms with Crippen molar-refractivity contribution in [3.05, 3.63) is 0 Å². The fourth-order valence-corrected chi connectivity index (χ4v) is 1.35. The normalized spacial score (nSPS) is 14.1. The van der Waals surface area contributed by atoms with E-state index < -0.39 is 0 Å². The minimum atomic E-state index is -0.204. The van der Waals surface area contributed by atoms with Crippen LogP contribution in [0.25, 0.3) is 0 Å². The molecule has 118 valence electrons. The Morgan fingerprint density at radius 3 is 2.60 bits per heavy atom. The number of hydrazine groups is 1. The molecule has 3 atom stereocenters. The van der Waals surface area contributed by atoms with E-state index in [1.807, 2.05) is 0 Å². The zero-order valence-corrected chi connectivity index (χ0v) is 14.3. The van der Waals surface area contributed by atoms with Crippen LogP contribution in [0.3, 0.4) is 0 Å². The maximum atomic E-state index is 11.6. The van der Waals surface area contributed by atoms with Crippen LogP contribution < -0.4 is 10.7 Å². The van der Waals surface area contributed by atoms with Crippen LogP contribution in [-0.4, -0.2) is 43.9 Å². The average molecular weight is 326 g/mol. The highest BCUT2D eigenvalue weighted by molar-refractivity contribution is 7.13. The van der Waals surface area contributed by atoms with Gasteiger partial charge in [0.1, 0.15) is 0 Å². The summed E-state index contributed by atoms with van der Waals surface area (Å²) < 4.78 is 19.5. The molecule has 0 aromatic carbocycles. The Balaban J connectivity index is 0. The Bertz CT molecular complexity index is 340. The van der Waals surface area contributed by atoms with Crippen LogP contribution in [0.1, 0.15) is 21.6 Å². The van der Waals surface area contributed by atoms with Gasteiger partial charge in [0, 0.05) is 28.0 Å². The van der Waals surface area contributed by atoms with Crippen molar-refractivity contribution in [1.82, 2.24) is 15.5 Å². The molecule has 0 bridgehead atoms. The molecule has 0 aromatic rings. The van der Waals surface area contributed by atoms with Gasteiger partial charge in [0.2, 0.25) is 11.8 Å². The van der Waals surface area contributed by atoms with Gasteiger partial charge >= 0.3 is 0 Å². The number of ether oxygens (including phenoxy) is 1. The van der Waals surface area contributed by atoms with Crippen molar-refractivity contribution >= 4 is 30.2 Å². The van der Waals surface area contributed by atoms with Gasteiger partial charge in [-0.05, 0) is 24.8 Å².